The second-order valence-corrected chi connectivity index (χ2v) is 8.09. The van der Waals surface area contributed by atoms with Crippen LogP contribution in [0.2, 0.25) is 0 Å². The second kappa shape index (κ2) is 6.73. The van der Waals surface area contributed by atoms with E-state index in [4.69, 9.17) is 9.84 Å². The van der Waals surface area contributed by atoms with Crippen LogP contribution in [0.3, 0.4) is 0 Å². The Morgan fingerprint density at radius 3 is 2.84 bits per heavy atom. The summed E-state index contributed by atoms with van der Waals surface area (Å²) in [5.74, 6) is 1.07. The quantitative estimate of drug-likeness (QED) is 0.531. The minimum absolute atomic E-state index is 0.0496. The molecule has 0 amide bonds. The average molecular weight is 420 g/mol. The summed E-state index contributed by atoms with van der Waals surface area (Å²) in [5.41, 5.74) is 4.76. The number of pyridine rings is 1. The number of nitrogens with one attached hydrogen (secondary N) is 1. The van der Waals surface area contributed by atoms with Crippen molar-refractivity contribution in [2.24, 2.45) is 0 Å². The lowest BCUT2D eigenvalue weighted by Crippen LogP contribution is -2.20. The molecule has 1 aliphatic heterocycles. The standard InChI is InChI=1S/C21H21FN8O/c1-11-15-8-24-21-25-17-18(13-5-6-13)30(16-4-3-7-23-12(16)2)28-20(17)31-10-14(22)9-29(27-11)19(15)26-21/h3-4,7-8,13-14H,5-6,9-10H2,1-2H3,(H,24,25,26). The number of fused-ring (bicyclic) bond motifs is 2. The first-order valence-electron chi connectivity index (χ1n) is 10.4. The van der Waals surface area contributed by atoms with E-state index in [1.807, 2.05) is 30.7 Å². The first kappa shape index (κ1) is 18.2. The maximum atomic E-state index is 14.8. The summed E-state index contributed by atoms with van der Waals surface area (Å²) in [7, 11) is 0. The highest BCUT2D eigenvalue weighted by Crippen LogP contribution is 2.48. The zero-order valence-electron chi connectivity index (χ0n) is 17.2. The highest BCUT2D eigenvalue weighted by molar-refractivity contribution is 5.79. The molecule has 1 saturated carbocycles. The number of alkyl halides is 1. The molecule has 0 saturated heterocycles. The maximum absolute atomic E-state index is 14.8. The van der Waals surface area contributed by atoms with Crippen molar-refractivity contribution in [3.8, 4) is 11.6 Å². The molecule has 0 spiro atoms. The van der Waals surface area contributed by atoms with Gasteiger partial charge in [-0.15, -0.1) is 5.10 Å². The van der Waals surface area contributed by atoms with Crippen molar-refractivity contribution < 1.29 is 9.13 Å². The van der Waals surface area contributed by atoms with Crippen LogP contribution in [0.1, 0.15) is 35.8 Å². The molecule has 0 radical (unpaired) electrons. The topological polar surface area (TPSA) is 95.6 Å². The summed E-state index contributed by atoms with van der Waals surface area (Å²) < 4.78 is 24.2. The molecular weight excluding hydrogens is 399 g/mol. The molecule has 4 aromatic rings. The molecule has 158 valence electrons. The highest BCUT2D eigenvalue weighted by Gasteiger charge is 2.35. The van der Waals surface area contributed by atoms with E-state index < -0.39 is 6.17 Å². The molecule has 5 heterocycles. The third-order valence-corrected chi connectivity index (χ3v) is 5.74. The van der Waals surface area contributed by atoms with Gasteiger partial charge in [-0.25, -0.2) is 18.7 Å². The Bertz CT molecular complexity index is 1310. The number of rotatable bonds is 2. The molecule has 1 fully saturated rings. The summed E-state index contributed by atoms with van der Waals surface area (Å²) in [6.45, 7) is 3.73. The number of halogens is 1. The van der Waals surface area contributed by atoms with Gasteiger partial charge in [0.2, 0.25) is 5.95 Å². The van der Waals surface area contributed by atoms with Gasteiger partial charge in [0.1, 0.15) is 12.3 Å². The Labute approximate surface area is 177 Å². The van der Waals surface area contributed by atoms with Crippen molar-refractivity contribution in [2.45, 2.75) is 45.3 Å². The van der Waals surface area contributed by atoms with Crippen molar-refractivity contribution in [2.75, 3.05) is 11.9 Å². The van der Waals surface area contributed by atoms with Gasteiger partial charge in [-0.3, -0.25) is 4.98 Å². The summed E-state index contributed by atoms with van der Waals surface area (Å²) in [5, 5.41) is 13.3. The molecule has 0 aromatic carbocycles. The highest BCUT2D eigenvalue weighted by atomic mass is 19.1. The van der Waals surface area contributed by atoms with E-state index in [-0.39, 0.29) is 13.2 Å². The third kappa shape index (κ3) is 3.01. The van der Waals surface area contributed by atoms with Crippen LogP contribution in [0.5, 0.6) is 5.88 Å². The van der Waals surface area contributed by atoms with Crippen molar-refractivity contribution in [3.63, 3.8) is 0 Å². The van der Waals surface area contributed by atoms with Gasteiger partial charge in [-0.05, 0) is 38.8 Å². The van der Waals surface area contributed by atoms with Crippen molar-refractivity contribution >= 4 is 22.7 Å². The van der Waals surface area contributed by atoms with E-state index in [1.165, 1.54) is 0 Å². The zero-order chi connectivity index (χ0) is 21.1. The molecule has 2 bridgehead atoms. The molecular formula is C21H21FN8O. The minimum atomic E-state index is -1.26. The first-order valence-corrected chi connectivity index (χ1v) is 10.4. The normalized spacial score (nSPS) is 18.4. The predicted molar refractivity (Wildman–Crippen MR) is 112 cm³/mol. The number of aryl methyl sites for hydroxylation is 2. The lowest BCUT2D eigenvalue weighted by atomic mass is 10.2. The number of ether oxygens (including phenoxy) is 1. The number of aromatic nitrogens is 7. The van der Waals surface area contributed by atoms with E-state index in [9.17, 15) is 4.39 Å². The second-order valence-electron chi connectivity index (χ2n) is 8.09. The summed E-state index contributed by atoms with van der Waals surface area (Å²) >= 11 is 0. The number of anilines is 2. The van der Waals surface area contributed by atoms with E-state index in [0.29, 0.717) is 29.1 Å². The van der Waals surface area contributed by atoms with Gasteiger partial charge < -0.3 is 10.1 Å². The Morgan fingerprint density at radius 2 is 2.03 bits per heavy atom. The van der Waals surface area contributed by atoms with Gasteiger partial charge in [0.15, 0.2) is 11.8 Å². The molecule has 1 unspecified atom stereocenters. The smallest absolute Gasteiger partial charge is 0.257 e. The van der Waals surface area contributed by atoms with E-state index in [2.05, 4.69) is 25.4 Å². The predicted octanol–water partition coefficient (Wildman–Crippen LogP) is 3.38. The molecule has 1 atom stereocenters. The van der Waals surface area contributed by atoms with Crippen LogP contribution in [-0.2, 0) is 6.54 Å². The molecule has 2 aliphatic rings. The van der Waals surface area contributed by atoms with Crippen molar-refractivity contribution in [3.05, 3.63) is 41.6 Å². The maximum Gasteiger partial charge on any atom is 0.257 e. The Kier molecular flexibility index (Phi) is 3.95. The summed E-state index contributed by atoms with van der Waals surface area (Å²) in [4.78, 5) is 13.5. The largest absolute Gasteiger partial charge is 0.472 e. The van der Waals surface area contributed by atoms with Crippen LogP contribution >= 0.6 is 0 Å². The van der Waals surface area contributed by atoms with Gasteiger partial charge >= 0.3 is 0 Å². The van der Waals surface area contributed by atoms with Crippen LogP contribution in [0.15, 0.2) is 24.5 Å². The molecule has 9 nitrogen and oxygen atoms in total. The van der Waals surface area contributed by atoms with Gasteiger partial charge in [0, 0.05) is 18.3 Å². The molecule has 1 aliphatic carbocycles. The Morgan fingerprint density at radius 1 is 1.16 bits per heavy atom. The van der Waals surface area contributed by atoms with Crippen LogP contribution in [0.4, 0.5) is 16.0 Å². The minimum Gasteiger partial charge on any atom is -0.472 e. The molecule has 10 heteroatoms. The van der Waals surface area contributed by atoms with Crippen molar-refractivity contribution in [1.29, 1.82) is 0 Å². The molecule has 4 aromatic heterocycles. The number of nitrogens with zero attached hydrogens (tertiary/aromatic N) is 7. The third-order valence-electron chi connectivity index (χ3n) is 5.74. The van der Waals surface area contributed by atoms with Gasteiger partial charge in [-0.1, -0.05) is 0 Å². The number of hydrogen-bond donors (Lipinski definition) is 1. The van der Waals surface area contributed by atoms with Crippen molar-refractivity contribution in [1.82, 2.24) is 34.5 Å². The van der Waals surface area contributed by atoms with E-state index in [1.54, 1.807) is 17.1 Å². The SMILES string of the molecule is Cc1ncccc1-n1nc2c(c1C1CC1)Nc1ncc3c(C)nn(c3n1)CC(F)CO2. The van der Waals surface area contributed by atoms with E-state index >= 15 is 0 Å². The number of hydrogen-bond acceptors (Lipinski definition) is 7. The van der Waals surface area contributed by atoms with Crippen LogP contribution in [0.25, 0.3) is 16.7 Å². The molecule has 31 heavy (non-hydrogen) atoms. The van der Waals surface area contributed by atoms with Gasteiger partial charge in [0.25, 0.3) is 5.88 Å². The van der Waals surface area contributed by atoms with E-state index in [0.717, 1.165) is 41.0 Å². The first-order chi connectivity index (χ1) is 15.1. The van der Waals surface area contributed by atoms with Crippen LogP contribution in [-0.4, -0.2) is 47.3 Å². The summed E-state index contributed by atoms with van der Waals surface area (Å²) in [6, 6.07) is 3.85. The summed E-state index contributed by atoms with van der Waals surface area (Å²) in [6.07, 6.45) is 4.32. The van der Waals surface area contributed by atoms with Crippen LogP contribution in [0, 0.1) is 13.8 Å². The Balaban J connectivity index is 1.55. The lowest BCUT2D eigenvalue weighted by molar-refractivity contribution is 0.171. The monoisotopic (exact) mass is 420 g/mol. The fourth-order valence-electron chi connectivity index (χ4n) is 4.06. The lowest BCUT2D eigenvalue weighted by Gasteiger charge is -2.11. The van der Waals surface area contributed by atoms with Crippen LogP contribution < -0.4 is 10.1 Å². The van der Waals surface area contributed by atoms with Gasteiger partial charge in [-0.2, -0.15) is 10.1 Å². The molecule has 6 rings (SSSR count). The average Bonchev–Trinajstić information content (AvgIpc) is 3.47. The fraction of sp³-hybridized carbons (Fsp3) is 0.381. The van der Waals surface area contributed by atoms with Gasteiger partial charge in [0.05, 0.1) is 34.7 Å². The Hall–Kier alpha value is -3.56. The fourth-order valence-corrected chi connectivity index (χ4v) is 4.06. The molecule has 1 N–H and O–H groups in total. The zero-order valence-corrected chi connectivity index (χ0v) is 17.2.